The van der Waals surface area contributed by atoms with Crippen molar-refractivity contribution in [1.29, 1.82) is 0 Å². The van der Waals surface area contributed by atoms with Crippen molar-refractivity contribution < 1.29 is 4.74 Å². The van der Waals surface area contributed by atoms with E-state index in [-0.39, 0.29) is 0 Å². The third-order valence-electron chi connectivity index (χ3n) is 1.96. The highest BCUT2D eigenvalue weighted by Crippen LogP contribution is 2.15. The van der Waals surface area contributed by atoms with Crippen LogP contribution in [0.4, 0.5) is 5.69 Å². The fourth-order valence-corrected chi connectivity index (χ4v) is 1.14. The summed E-state index contributed by atoms with van der Waals surface area (Å²) in [4.78, 5) is 0. The van der Waals surface area contributed by atoms with Crippen molar-refractivity contribution in [3.8, 4) is 5.75 Å². The molecule has 2 nitrogen and oxygen atoms in total. The zero-order valence-electron chi connectivity index (χ0n) is 8.62. The van der Waals surface area contributed by atoms with Crippen molar-refractivity contribution in [2.75, 3.05) is 19.0 Å². The van der Waals surface area contributed by atoms with E-state index in [4.69, 9.17) is 4.74 Å². The van der Waals surface area contributed by atoms with Crippen LogP contribution in [0.2, 0.25) is 0 Å². The Morgan fingerprint density at radius 3 is 2.64 bits per heavy atom. The summed E-state index contributed by atoms with van der Waals surface area (Å²) in [6.07, 6.45) is 3.94. The monoisotopic (exact) mass is 191 g/mol. The van der Waals surface area contributed by atoms with Gasteiger partial charge in [0, 0.05) is 12.7 Å². The maximum atomic E-state index is 5.53. The van der Waals surface area contributed by atoms with E-state index < -0.39 is 0 Å². The molecule has 1 aromatic carbocycles. The Morgan fingerprint density at radius 2 is 2.07 bits per heavy atom. The molecule has 14 heavy (non-hydrogen) atoms. The summed E-state index contributed by atoms with van der Waals surface area (Å²) in [5.74, 6) is 0.924. The predicted octanol–water partition coefficient (Wildman–Crippen LogP) is 3.07. The predicted molar refractivity (Wildman–Crippen MR) is 60.9 cm³/mol. The zero-order chi connectivity index (χ0) is 10.2. The van der Waals surface area contributed by atoms with E-state index in [1.807, 2.05) is 37.4 Å². The van der Waals surface area contributed by atoms with E-state index >= 15 is 0 Å². The summed E-state index contributed by atoms with van der Waals surface area (Å²) in [7, 11) is 1.90. The maximum Gasteiger partial charge on any atom is 0.119 e. The Hall–Kier alpha value is -1.44. The second-order valence-electron chi connectivity index (χ2n) is 3.05. The molecule has 76 valence electrons. The van der Waals surface area contributed by atoms with Gasteiger partial charge in [-0.3, -0.25) is 0 Å². The number of benzene rings is 1. The van der Waals surface area contributed by atoms with Gasteiger partial charge in [-0.15, -0.1) is 6.58 Å². The van der Waals surface area contributed by atoms with Crippen molar-refractivity contribution >= 4 is 5.69 Å². The number of allylic oxidation sites excluding steroid dienone is 1. The van der Waals surface area contributed by atoms with Crippen LogP contribution in [0.15, 0.2) is 36.9 Å². The maximum absolute atomic E-state index is 5.53. The number of anilines is 1. The van der Waals surface area contributed by atoms with Gasteiger partial charge in [-0.05, 0) is 37.1 Å². The molecule has 0 bridgehead atoms. The lowest BCUT2D eigenvalue weighted by atomic mass is 10.3. The van der Waals surface area contributed by atoms with Gasteiger partial charge >= 0.3 is 0 Å². The molecule has 0 aromatic heterocycles. The fourth-order valence-electron chi connectivity index (χ4n) is 1.14. The summed E-state index contributed by atoms with van der Waals surface area (Å²) in [5, 5.41) is 3.06. The van der Waals surface area contributed by atoms with Crippen LogP contribution in [-0.2, 0) is 0 Å². The molecule has 0 aliphatic carbocycles. The van der Waals surface area contributed by atoms with Crippen LogP contribution in [0.25, 0.3) is 0 Å². The molecule has 0 saturated heterocycles. The topological polar surface area (TPSA) is 21.3 Å². The molecule has 0 heterocycles. The first-order valence-corrected chi connectivity index (χ1v) is 4.88. The number of unbranched alkanes of at least 4 members (excludes halogenated alkanes) is 1. The van der Waals surface area contributed by atoms with Crippen LogP contribution in [0.3, 0.4) is 0 Å². The molecule has 0 aliphatic rings. The molecule has 1 aromatic rings. The van der Waals surface area contributed by atoms with Crippen molar-refractivity contribution in [2.24, 2.45) is 0 Å². The van der Waals surface area contributed by atoms with E-state index in [0.717, 1.165) is 30.9 Å². The molecule has 0 saturated carbocycles. The van der Waals surface area contributed by atoms with Crippen LogP contribution in [-0.4, -0.2) is 13.7 Å². The highest BCUT2D eigenvalue weighted by atomic mass is 16.5. The molecule has 0 spiro atoms. The standard InChI is InChI=1S/C12H17NO/c1-3-4-5-10-14-12-8-6-11(13-2)7-9-12/h3,6-9,13H,1,4-5,10H2,2H3. The fraction of sp³-hybridized carbons (Fsp3) is 0.333. The van der Waals surface area contributed by atoms with E-state index in [2.05, 4.69) is 11.9 Å². The van der Waals surface area contributed by atoms with E-state index in [1.54, 1.807) is 0 Å². The van der Waals surface area contributed by atoms with Gasteiger partial charge in [0.15, 0.2) is 0 Å². The highest BCUT2D eigenvalue weighted by molar-refractivity contribution is 5.45. The van der Waals surface area contributed by atoms with Gasteiger partial charge in [0.25, 0.3) is 0 Å². The number of hydrogen-bond donors (Lipinski definition) is 1. The molecule has 0 aliphatic heterocycles. The van der Waals surface area contributed by atoms with Gasteiger partial charge in [-0.1, -0.05) is 6.08 Å². The minimum absolute atomic E-state index is 0.755. The molecule has 0 unspecified atom stereocenters. The first-order valence-electron chi connectivity index (χ1n) is 4.88. The average molecular weight is 191 g/mol. The molecule has 1 rings (SSSR count). The van der Waals surface area contributed by atoms with Gasteiger partial charge in [-0.25, -0.2) is 0 Å². The summed E-state index contributed by atoms with van der Waals surface area (Å²) in [6.45, 7) is 4.42. The quantitative estimate of drug-likeness (QED) is 0.551. The third kappa shape index (κ3) is 3.52. The molecule has 1 N–H and O–H groups in total. The van der Waals surface area contributed by atoms with Crippen LogP contribution in [0.1, 0.15) is 12.8 Å². The van der Waals surface area contributed by atoms with Crippen molar-refractivity contribution in [3.63, 3.8) is 0 Å². The third-order valence-corrected chi connectivity index (χ3v) is 1.96. The number of ether oxygens (including phenoxy) is 1. The molecule has 2 heteroatoms. The Morgan fingerprint density at radius 1 is 1.36 bits per heavy atom. The van der Waals surface area contributed by atoms with E-state index in [1.165, 1.54) is 0 Å². The SMILES string of the molecule is C=CCCCOc1ccc(NC)cc1. The van der Waals surface area contributed by atoms with Crippen LogP contribution in [0.5, 0.6) is 5.75 Å². The van der Waals surface area contributed by atoms with E-state index in [0.29, 0.717) is 0 Å². The van der Waals surface area contributed by atoms with Crippen molar-refractivity contribution in [2.45, 2.75) is 12.8 Å². The minimum atomic E-state index is 0.755. The Labute approximate surface area is 85.6 Å². The summed E-state index contributed by atoms with van der Waals surface area (Å²) in [5.41, 5.74) is 1.10. The lowest BCUT2D eigenvalue weighted by Gasteiger charge is -2.06. The second kappa shape index (κ2) is 6.08. The van der Waals surface area contributed by atoms with Crippen LogP contribution < -0.4 is 10.1 Å². The molecule has 0 fully saturated rings. The lowest BCUT2D eigenvalue weighted by Crippen LogP contribution is -1.96. The van der Waals surface area contributed by atoms with Gasteiger partial charge in [0.1, 0.15) is 5.75 Å². The summed E-state index contributed by atoms with van der Waals surface area (Å²) in [6, 6.07) is 7.95. The molecule has 0 amide bonds. The average Bonchev–Trinajstić information content (AvgIpc) is 2.25. The summed E-state index contributed by atoms with van der Waals surface area (Å²) >= 11 is 0. The Balaban J connectivity index is 2.32. The van der Waals surface area contributed by atoms with Crippen LogP contribution >= 0.6 is 0 Å². The Bertz CT molecular complexity index is 266. The minimum Gasteiger partial charge on any atom is -0.494 e. The zero-order valence-corrected chi connectivity index (χ0v) is 8.62. The smallest absolute Gasteiger partial charge is 0.119 e. The van der Waals surface area contributed by atoms with Crippen molar-refractivity contribution in [1.82, 2.24) is 0 Å². The van der Waals surface area contributed by atoms with Gasteiger partial charge in [-0.2, -0.15) is 0 Å². The van der Waals surface area contributed by atoms with Crippen LogP contribution in [0, 0.1) is 0 Å². The number of nitrogens with one attached hydrogen (secondary N) is 1. The van der Waals surface area contributed by atoms with Crippen molar-refractivity contribution in [3.05, 3.63) is 36.9 Å². The lowest BCUT2D eigenvalue weighted by molar-refractivity contribution is 0.312. The molecular formula is C12H17NO. The second-order valence-corrected chi connectivity index (χ2v) is 3.05. The molecular weight excluding hydrogens is 174 g/mol. The first-order chi connectivity index (χ1) is 6.86. The molecule has 0 radical (unpaired) electrons. The highest BCUT2D eigenvalue weighted by Gasteiger charge is 1.92. The molecule has 0 atom stereocenters. The van der Waals surface area contributed by atoms with E-state index in [9.17, 15) is 0 Å². The van der Waals surface area contributed by atoms with Gasteiger partial charge in [0.2, 0.25) is 0 Å². The number of rotatable bonds is 6. The largest absolute Gasteiger partial charge is 0.494 e. The number of hydrogen-bond acceptors (Lipinski definition) is 2. The van der Waals surface area contributed by atoms with Gasteiger partial charge in [0.05, 0.1) is 6.61 Å². The Kier molecular flexibility index (Phi) is 4.62. The normalized spacial score (nSPS) is 9.50. The van der Waals surface area contributed by atoms with Gasteiger partial charge < -0.3 is 10.1 Å². The first kappa shape index (κ1) is 10.6. The summed E-state index contributed by atoms with van der Waals surface area (Å²) < 4.78 is 5.53.